The summed E-state index contributed by atoms with van der Waals surface area (Å²) in [7, 11) is 0. The van der Waals surface area contributed by atoms with Gasteiger partial charge in [-0.15, -0.1) is 0 Å². The molecule has 22 heavy (non-hydrogen) atoms. The van der Waals surface area contributed by atoms with Crippen LogP contribution in [0.15, 0.2) is 24.3 Å². The van der Waals surface area contributed by atoms with Crippen LogP contribution in [0.4, 0.5) is 4.39 Å². The largest absolute Gasteiger partial charge is 0.381 e. The fraction of sp³-hybridized carbons (Fsp3) is 0.500. The summed E-state index contributed by atoms with van der Waals surface area (Å²) in [6.45, 7) is 5.46. The predicted octanol–water partition coefficient (Wildman–Crippen LogP) is 3.09. The molecule has 1 fully saturated rings. The molecule has 0 saturated carbocycles. The van der Waals surface area contributed by atoms with Crippen molar-refractivity contribution in [1.82, 2.24) is 5.32 Å². The van der Waals surface area contributed by atoms with E-state index in [-0.39, 0.29) is 23.1 Å². The molecule has 2 aliphatic heterocycles. The second-order valence-corrected chi connectivity index (χ2v) is 6.83. The van der Waals surface area contributed by atoms with Crippen molar-refractivity contribution in [2.75, 3.05) is 13.2 Å². The zero-order chi connectivity index (χ0) is 15.7. The fourth-order valence-electron chi connectivity index (χ4n) is 3.26. The number of benzene rings is 1. The minimum absolute atomic E-state index is 0.0186. The van der Waals surface area contributed by atoms with E-state index >= 15 is 0 Å². The van der Waals surface area contributed by atoms with Gasteiger partial charge in [0.2, 0.25) is 0 Å². The first kappa shape index (κ1) is 15.2. The van der Waals surface area contributed by atoms with Gasteiger partial charge < -0.3 is 10.1 Å². The third-order valence-corrected chi connectivity index (χ3v) is 4.38. The SMILES string of the molecule is CC1(C)Cc2ccc(F)cc2C(=CC(=O)C2CCOCC2)N1. The molecule has 0 amide bonds. The number of hydrogen-bond acceptors (Lipinski definition) is 3. The third-order valence-electron chi connectivity index (χ3n) is 4.38. The van der Waals surface area contributed by atoms with Crippen LogP contribution in [-0.4, -0.2) is 24.5 Å². The van der Waals surface area contributed by atoms with E-state index < -0.39 is 0 Å². The highest BCUT2D eigenvalue weighted by Crippen LogP contribution is 2.31. The molecule has 118 valence electrons. The number of nitrogens with one attached hydrogen (secondary N) is 1. The maximum Gasteiger partial charge on any atom is 0.161 e. The molecule has 1 saturated heterocycles. The van der Waals surface area contributed by atoms with Crippen LogP contribution < -0.4 is 5.32 Å². The smallest absolute Gasteiger partial charge is 0.161 e. The van der Waals surface area contributed by atoms with E-state index in [1.54, 1.807) is 6.08 Å². The molecule has 1 aromatic rings. The Morgan fingerprint density at radius 2 is 2.09 bits per heavy atom. The van der Waals surface area contributed by atoms with Crippen molar-refractivity contribution < 1.29 is 13.9 Å². The molecule has 4 heteroatoms. The van der Waals surface area contributed by atoms with Crippen molar-refractivity contribution in [3.8, 4) is 0 Å². The van der Waals surface area contributed by atoms with Crippen LogP contribution in [0, 0.1) is 11.7 Å². The summed E-state index contributed by atoms with van der Waals surface area (Å²) in [5.74, 6) is -0.145. The number of hydrogen-bond donors (Lipinski definition) is 1. The van der Waals surface area contributed by atoms with E-state index in [1.807, 2.05) is 6.07 Å². The van der Waals surface area contributed by atoms with Gasteiger partial charge in [-0.2, -0.15) is 0 Å². The van der Waals surface area contributed by atoms with Gasteiger partial charge in [0.05, 0.1) is 0 Å². The van der Waals surface area contributed by atoms with Gasteiger partial charge in [0, 0.05) is 42.0 Å². The maximum absolute atomic E-state index is 13.6. The lowest BCUT2D eigenvalue weighted by molar-refractivity contribution is -0.120. The summed E-state index contributed by atoms with van der Waals surface area (Å²) in [5, 5.41) is 3.39. The van der Waals surface area contributed by atoms with Crippen LogP contribution in [0.2, 0.25) is 0 Å². The van der Waals surface area contributed by atoms with Crippen LogP contribution in [0.5, 0.6) is 0 Å². The first-order valence-electron chi connectivity index (χ1n) is 7.85. The number of carbonyl (C=O) groups excluding carboxylic acids is 1. The second-order valence-electron chi connectivity index (χ2n) is 6.83. The summed E-state index contributed by atoms with van der Waals surface area (Å²) >= 11 is 0. The van der Waals surface area contributed by atoms with Crippen LogP contribution in [-0.2, 0) is 16.0 Å². The first-order chi connectivity index (χ1) is 10.4. The molecular weight excluding hydrogens is 281 g/mol. The topological polar surface area (TPSA) is 38.3 Å². The van der Waals surface area contributed by atoms with E-state index in [0.29, 0.717) is 13.2 Å². The monoisotopic (exact) mass is 303 g/mol. The van der Waals surface area contributed by atoms with E-state index in [9.17, 15) is 9.18 Å². The highest BCUT2D eigenvalue weighted by molar-refractivity contribution is 5.98. The van der Waals surface area contributed by atoms with Gasteiger partial charge in [0.25, 0.3) is 0 Å². The van der Waals surface area contributed by atoms with E-state index in [1.165, 1.54) is 12.1 Å². The lowest BCUT2D eigenvalue weighted by Gasteiger charge is -2.35. The third kappa shape index (κ3) is 3.22. The molecule has 0 unspecified atom stereocenters. The van der Waals surface area contributed by atoms with Crippen molar-refractivity contribution in [2.45, 2.75) is 38.6 Å². The van der Waals surface area contributed by atoms with E-state index in [2.05, 4.69) is 19.2 Å². The molecule has 1 N–H and O–H groups in total. The molecule has 0 aliphatic carbocycles. The maximum atomic E-state index is 13.6. The number of allylic oxidation sites excluding steroid dienone is 1. The Labute approximate surface area is 130 Å². The molecule has 3 nitrogen and oxygen atoms in total. The number of ketones is 1. The van der Waals surface area contributed by atoms with Crippen molar-refractivity contribution >= 4 is 11.5 Å². The zero-order valence-electron chi connectivity index (χ0n) is 13.1. The molecule has 1 aromatic carbocycles. The van der Waals surface area contributed by atoms with Gasteiger partial charge >= 0.3 is 0 Å². The van der Waals surface area contributed by atoms with Gasteiger partial charge in [0.15, 0.2) is 5.78 Å². The number of rotatable bonds is 2. The minimum Gasteiger partial charge on any atom is -0.381 e. The average Bonchev–Trinajstić information content (AvgIpc) is 2.48. The molecule has 0 spiro atoms. The fourth-order valence-corrected chi connectivity index (χ4v) is 3.26. The molecular formula is C18H22FNO2. The normalized spacial score (nSPS) is 23.0. The summed E-state index contributed by atoms with van der Waals surface area (Å²) in [6, 6.07) is 4.82. The van der Waals surface area contributed by atoms with Crippen molar-refractivity contribution in [3.63, 3.8) is 0 Å². The average molecular weight is 303 g/mol. The van der Waals surface area contributed by atoms with Crippen LogP contribution in [0.25, 0.3) is 5.70 Å². The van der Waals surface area contributed by atoms with Crippen LogP contribution >= 0.6 is 0 Å². The summed E-state index contributed by atoms with van der Waals surface area (Å²) < 4.78 is 18.9. The Hall–Kier alpha value is -1.68. The number of carbonyl (C=O) groups is 1. The Morgan fingerprint density at radius 1 is 1.36 bits per heavy atom. The number of halogens is 1. The summed E-state index contributed by atoms with van der Waals surface area (Å²) in [4.78, 5) is 12.5. The van der Waals surface area contributed by atoms with Gasteiger partial charge in [-0.05, 0) is 50.8 Å². The van der Waals surface area contributed by atoms with Crippen molar-refractivity contribution in [3.05, 3.63) is 41.2 Å². The van der Waals surface area contributed by atoms with Crippen LogP contribution in [0.1, 0.15) is 37.8 Å². The minimum atomic E-state index is -0.273. The van der Waals surface area contributed by atoms with E-state index in [4.69, 9.17) is 4.74 Å². The second kappa shape index (κ2) is 5.84. The van der Waals surface area contributed by atoms with Gasteiger partial charge in [-0.25, -0.2) is 4.39 Å². The van der Waals surface area contributed by atoms with E-state index in [0.717, 1.165) is 36.1 Å². The Balaban J connectivity index is 1.93. The zero-order valence-corrected chi connectivity index (χ0v) is 13.1. The Kier molecular flexibility index (Phi) is 4.04. The molecule has 2 aliphatic rings. The molecule has 0 aromatic heterocycles. The summed E-state index contributed by atoms with van der Waals surface area (Å²) in [6.07, 6.45) is 4.00. The lowest BCUT2D eigenvalue weighted by atomic mass is 9.84. The molecule has 2 heterocycles. The predicted molar refractivity (Wildman–Crippen MR) is 83.8 cm³/mol. The van der Waals surface area contributed by atoms with Crippen LogP contribution in [0.3, 0.4) is 0 Å². The Morgan fingerprint density at radius 3 is 2.82 bits per heavy atom. The Bertz CT molecular complexity index is 616. The highest BCUT2D eigenvalue weighted by Gasteiger charge is 2.29. The lowest BCUT2D eigenvalue weighted by Crippen LogP contribution is -2.44. The van der Waals surface area contributed by atoms with Crippen molar-refractivity contribution in [2.24, 2.45) is 5.92 Å². The quantitative estimate of drug-likeness (QED) is 0.853. The van der Waals surface area contributed by atoms with Gasteiger partial charge in [-0.1, -0.05) is 6.07 Å². The number of ether oxygens (including phenoxy) is 1. The van der Waals surface area contributed by atoms with Crippen molar-refractivity contribution in [1.29, 1.82) is 0 Å². The molecule has 0 atom stereocenters. The van der Waals surface area contributed by atoms with Gasteiger partial charge in [-0.3, -0.25) is 4.79 Å². The van der Waals surface area contributed by atoms with Gasteiger partial charge in [0.1, 0.15) is 5.82 Å². The molecule has 3 rings (SSSR count). The standard InChI is InChI=1S/C18H22FNO2/c1-18(2)11-13-3-4-14(19)9-15(13)16(20-18)10-17(21)12-5-7-22-8-6-12/h3-4,9-10,12,20H,5-8,11H2,1-2H3. The first-order valence-corrected chi connectivity index (χ1v) is 7.85. The number of fused-ring (bicyclic) bond motifs is 1. The molecule has 0 radical (unpaired) electrons. The molecule has 0 bridgehead atoms. The highest BCUT2D eigenvalue weighted by atomic mass is 19.1. The summed E-state index contributed by atoms with van der Waals surface area (Å²) in [5.41, 5.74) is 2.48.